The highest BCUT2D eigenvalue weighted by Gasteiger charge is 2.25. The molecule has 17 heavy (non-hydrogen) atoms. The third-order valence-corrected chi connectivity index (χ3v) is 3.66. The molecule has 0 radical (unpaired) electrons. The normalized spacial score (nSPS) is 19.3. The summed E-state index contributed by atoms with van der Waals surface area (Å²) in [5, 5.41) is 3.14. The molecule has 0 saturated carbocycles. The van der Waals surface area contributed by atoms with Gasteiger partial charge in [0.05, 0.1) is 6.04 Å². The Morgan fingerprint density at radius 3 is 2.82 bits per heavy atom. The highest BCUT2D eigenvalue weighted by atomic mass is 32.2. The lowest BCUT2D eigenvalue weighted by Gasteiger charge is -2.20. The van der Waals surface area contributed by atoms with Gasteiger partial charge in [-0.25, -0.2) is 4.39 Å². The Morgan fingerprint density at radius 2 is 2.24 bits per heavy atom. The minimum absolute atomic E-state index is 0.0783. The second kappa shape index (κ2) is 5.51. The monoisotopic (exact) mass is 254 g/mol. The van der Waals surface area contributed by atoms with E-state index in [1.165, 1.54) is 12.1 Å². The van der Waals surface area contributed by atoms with Gasteiger partial charge in [0.1, 0.15) is 5.82 Å². The number of carbonyl (C=O) groups excluding carboxylic acids is 1. The van der Waals surface area contributed by atoms with E-state index in [1.54, 1.807) is 35.8 Å². The molecule has 1 aliphatic rings. The van der Waals surface area contributed by atoms with Crippen molar-refractivity contribution in [3.05, 3.63) is 35.6 Å². The fraction of sp³-hybridized carbons (Fsp3) is 0.417. The van der Waals surface area contributed by atoms with E-state index in [2.05, 4.69) is 5.32 Å². The smallest absolute Gasteiger partial charge is 0.240 e. The molecule has 1 fully saturated rings. The van der Waals surface area contributed by atoms with Gasteiger partial charge in [0.15, 0.2) is 0 Å². The number of hydrogen-bond acceptors (Lipinski definition) is 3. The number of rotatable bonds is 3. The highest BCUT2D eigenvalue weighted by molar-refractivity contribution is 7.99. The average molecular weight is 254 g/mol. The van der Waals surface area contributed by atoms with E-state index in [4.69, 9.17) is 0 Å². The van der Waals surface area contributed by atoms with E-state index in [0.717, 1.165) is 17.2 Å². The van der Waals surface area contributed by atoms with Crippen LogP contribution in [0.2, 0.25) is 0 Å². The van der Waals surface area contributed by atoms with Gasteiger partial charge >= 0.3 is 0 Å². The Hall–Kier alpha value is -1.07. The number of nitrogens with zero attached hydrogens (tertiary/aromatic N) is 1. The third-order valence-electron chi connectivity index (χ3n) is 2.72. The summed E-state index contributed by atoms with van der Waals surface area (Å²) >= 11 is 1.73. The molecular weight excluding hydrogens is 239 g/mol. The van der Waals surface area contributed by atoms with Crippen LogP contribution in [0.1, 0.15) is 5.56 Å². The summed E-state index contributed by atoms with van der Waals surface area (Å²) < 4.78 is 12.7. The molecule has 0 aliphatic carbocycles. The van der Waals surface area contributed by atoms with E-state index in [9.17, 15) is 9.18 Å². The summed E-state index contributed by atoms with van der Waals surface area (Å²) in [4.78, 5) is 13.7. The van der Waals surface area contributed by atoms with E-state index in [-0.39, 0.29) is 17.8 Å². The van der Waals surface area contributed by atoms with Gasteiger partial charge in [0, 0.05) is 25.2 Å². The lowest BCUT2D eigenvalue weighted by molar-refractivity contribution is -0.131. The zero-order chi connectivity index (χ0) is 12.3. The lowest BCUT2D eigenvalue weighted by atomic mass is 10.2. The quantitative estimate of drug-likeness (QED) is 0.886. The van der Waals surface area contributed by atoms with Gasteiger partial charge in [-0.05, 0) is 17.7 Å². The molecule has 1 amide bonds. The van der Waals surface area contributed by atoms with E-state index < -0.39 is 0 Å². The first-order chi connectivity index (χ1) is 8.16. The van der Waals surface area contributed by atoms with Crippen LogP contribution in [0.5, 0.6) is 0 Å². The number of thioether (sulfide) groups is 1. The lowest BCUT2D eigenvalue weighted by Crippen LogP contribution is -2.42. The third kappa shape index (κ3) is 3.20. The number of benzene rings is 1. The van der Waals surface area contributed by atoms with Crippen LogP contribution in [-0.2, 0) is 11.3 Å². The fourth-order valence-corrected chi connectivity index (χ4v) is 2.69. The highest BCUT2D eigenvalue weighted by Crippen LogP contribution is 2.13. The van der Waals surface area contributed by atoms with E-state index >= 15 is 0 Å². The SMILES string of the molecule is CN(Cc1ccc(F)cc1)C(=O)C1CSCN1. The molecule has 0 spiro atoms. The van der Waals surface area contributed by atoms with Crippen LogP contribution in [0.25, 0.3) is 0 Å². The van der Waals surface area contributed by atoms with Gasteiger partial charge in [-0.2, -0.15) is 0 Å². The number of amides is 1. The van der Waals surface area contributed by atoms with Gasteiger partial charge in [0.2, 0.25) is 5.91 Å². The fourth-order valence-electron chi connectivity index (χ4n) is 1.76. The van der Waals surface area contributed by atoms with Crippen molar-refractivity contribution in [3.63, 3.8) is 0 Å². The second-order valence-corrected chi connectivity index (χ2v) is 5.12. The molecule has 1 saturated heterocycles. The van der Waals surface area contributed by atoms with Crippen LogP contribution in [0.4, 0.5) is 4.39 Å². The predicted molar refractivity (Wildman–Crippen MR) is 67.1 cm³/mol. The van der Waals surface area contributed by atoms with Crippen molar-refractivity contribution in [2.45, 2.75) is 12.6 Å². The molecule has 3 nitrogen and oxygen atoms in total. The van der Waals surface area contributed by atoms with Crippen LogP contribution in [-0.4, -0.2) is 35.5 Å². The van der Waals surface area contributed by atoms with Gasteiger partial charge in [-0.3, -0.25) is 10.1 Å². The predicted octanol–water partition coefficient (Wildman–Crippen LogP) is 1.45. The molecule has 1 unspecified atom stereocenters. The van der Waals surface area contributed by atoms with Crippen LogP contribution in [0.3, 0.4) is 0 Å². The maximum Gasteiger partial charge on any atom is 0.240 e. The number of carbonyl (C=O) groups is 1. The van der Waals surface area contributed by atoms with Crippen LogP contribution in [0.15, 0.2) is 24.3 Å². The summed E-state index contributed by atoms with van der Waals surface area (Å²) in [6.45, 7) is 0.516. The number of nitrogens with one attached hydrogen (secondary N) is 1. The van der Waals surface area contributed by atoms with Crippen molar-refractivity contribution < 1.29 is 9.18 Å². The second-order valence-electron chi connectivity index (χ2n) is 4.09. The molecule has 5 heteroatoms. The van der Waals surface area contributed by atoms with Gasteiger partial charge < -0.3 is 4.90 Å². The molecule has 0 aromatic heterocycles. The summed E-state index contributed by atoms with van der Waals surface area (Å²) in [6, 6.07) is 6.16. The number of hydrogen-bond donors (Lipinski definition) is 1. The van der Waals surface area contributed by atoms with Crippen molar-refractivity contribution in [2.75, 3.05) is 18.7 Å². The summed E-state index contributed by atoms with van der Waals surface area (Å²) in [5.74, 6) is 1.50. The standard InChI is InChI=1S/C12H15FN2OS/c1-15(12(16)11-7-17-8-14-11)6-9-2-4-10(13)5-3-9/h2-5,11,14H,6-8H2,1H3. The zero-order valence-electron chi connectivity index (χ0n) is 9.65. The Labute approximate surface area is 104 Å². The molecular formula is C12H15FN2OS. The van der Waals surface area contributed by atoms with Crippen LogP contribution < -0.4 is 5.32 Å². The van der Waals surface area contributed by atoms with Crippen molar-refractivity contribution in [1.82, 2.24) is 10.2 Å². The summed E-state index contributed by atoms with van der Waals surface area (Å²) in [7, 11) is 1.77. The van der Waals surface area contributed by atoms with E-state index in [1.807, 2.05) is 0 Å². The molecule has 2 rings (SSSR count). The van der Waals surface area contributed by atoms with Crippen molar-refractivity contribution in [2.24, 2.45) is 0 Å². The summed E-state index contributed by atoms with van der Waals surface area (Å²) in [6.07, 6.45) is 0. The zero-order valence-corrected chi connectivity index (χ0v) is 10.5. The summed E-state index contributed by atoms with van der Waals surface area (Å²) in [5.41, 5.74) is 0.938. The Bertz CT molecular complexity index is 390. The maximum absolute atomic E-state index is 12.7. The van der Waals surface area contributed by atoms with E-state index in [0.29, 0.717) is 6.54 Å². The minimum Gasteiger partial charge on any atom is -0.340 e. The first kappa shape index (κ1) is 12.4. The molecule has 1 N–H and O–H groups in total. The van der Waals surface area contributed by atoms with Crippen LogP contribution in [0, 0.1) is 5.82 Å². The van der Waals surface area contributed by atoms with Crippen molar-refractivity contribution in [3.8, 4) is 0 Å². The Morgan fingerprint density at radius 1 is 1.53 bits per heavy atom. The Balaban J connectivity index is 1.93. The van der Waals surface area contributed by atoms with Gasteiger partial charge in [0.25, 0.3) is 0 Å². The molecule has 1 atom stereocenters. The molecule has 92 valence electrons. The van der Waals surface area contributed by atoms with Gasteiger partial charge in [-0.15, -0.1) is 11.8 Å². The van der Waals surface area contributed by atoms with Crippen LogP contribution >= 0.6 is 11.8 Å². The minimum atomic E-state index is -0.253. The molecule has 1 aliphatic heterocycles. The Kier molecular flexibility index (Phi) is 4.02. The topological polar surface area (TPSA) is 32.3 Å². The molecule has 1 heterocycles. The first-order valence-corrected chi connectivity index (χ1v) is 6.63. The first-order valence-electron chi connectivity index (χ1n) is 5.47. The van der Waals surface area contributed by atoms with Crippen molar-refractivity contribution >= 4 is 17.7 Å². The average Bonchev–Trinajstić information content (AvgIpc) is 2.84. The van der Waals surface area contributed by atoms with Gasteiger partial charge in [-0.1, -0.05) is 12.1 Å². The molecule has 1 aromatic rings. The largest absolute Gasteiger partial charge is 0.340 e. The number of halogens is 1. The molecule has 1 aromatic carbocycles. The van der Waals surface area contributed by atoms with Crippen molar-refractivity contribution in [1.29, 1.82) is 0 Å². The maximum atomic E-state index is 12.7. The molecule has 0 bridgehead atoms. The number of likely N-dealkylation sites (N-methyl/N-ethyl adjacent to an activating group) is 1.